The Labute approximate surface area is 143 Å². The third-order valence-corrected chi connectivity index (χ3v) is 4.24. The first-order valence-electron chi connectivity index (χ1n) is 7.08. The highest BCUT2D eigenvalue weighted by atomic mass is 35.5. The predicted molar refractivity (Wildman–Crippen MR) is 93.9 cm³/mol. The van der Waals surface area contributed by atoms with Crippen LogP contribution in [0, 0.1) is 0 Å². The standard InChI is InChI=1S/C18H11Cl2N3/c19-13-8-6-12(7-9-13)16-17(14-4-1-2-5-15(14)20)22-23-11-3-10-21-18(16)23/h1-11H. The van der Waals surface area contributed by atoms with Gasteiger partial charge in [0.1, 0.15) is 5.69 Å². The number of hydrogen-bond donors (Lipinski definition) is 0. The Morgan fingerprint density at radius 2 is 1.65 bits per heavy atom. The third-order valence-electron chi connectivity index (χ3n) is 3.66. The minimum atomic E-state index is 0.658. The summed E-state index contributed by atoms with van der Waals surface area (Å²) in [5.74, 6) is 0. The number of hydrogen-bond acceptors (Lipinski definition) is 2. The third kappa shape index (κ3) is 2.48. The summed E-state index contributed by atoms with van der Waals surface area (Å²) in [6.07, 6.45) is 3.63. The molecule has 3 nitrogen and oxygen atoms in total. The zero-order valence-electron chi connectivity index (χ0n) is 11.9. The van der Waals surface area contributed by atoms with Crippen molar-refractivity contribution in [3.63, 3.8) is 0 Å². The number of fused-ring (bicyclic) bond motifs is 1. The van der Waals surface area contributed by atoms with E-state index in [0.29, 0.717) is 10.0 Å². The number of nitrogens with zero attached hydrogens (tertiary/aromatic N) is 3. The van der Waals surface area contributed by atoms with E-state index in [1.165, 1.54) is 0 Å². The summed E-state index contributed by atoms with van der Waals surface area (Å²) in [6.45, 7) is 0. The van der Waals surface area contributed by atoms with Crippen molar-refractivity contribution in [3.8, 4) is 22.4 Å². The quantitative estimate of drug-likeness (QED) is 0.491. The molecule has 112 valence electrons. The van der Waals surface area contributed by atoms with E-state index in [9.17, 15) is 0 Å². The molecule has 4 rings (SSSR count). The fraction of sp³-hybridized carbons (Fsp3) is 0. The Morgan fingerprint density at radius 1 is 0.870 bits per heavy atom. The van der Waals surface area contributed by atoms with Crippen LogP contribution in [0.5, 0.6) is 0 Å². The van der Waals surface area contributed by atoms with Crippen LogP contribution >= 0.6 is 23.2 Å². The predicted octanol–water partition coefficient (Wildman–Crippen LogP) is 5.37. The zero-order valence-corrected chi connectivity index (χ0v) is 13.5. The van der Waals surface area contributed by atoms with Crippen molar-refractivity contribution in [2.75, 3.05) is 0 Å². The zero-order chi connectivity index (χ0) is 15.8. The molecule has 0 unspecified atom stereocenters. The Kier molecular flexibility index (Phi) is 3.52. The van der Waals surface area contributed by atoms with E-state index in [2.05, 4.69) is 10.1 Å². The second kappa shape index (κ2) is 5.69. The lowest BCUT2D eigenvalue weighted by molar-refractivity contribution is 0.943. The average molecular weight is 340 g/mol. The maximum atomic E-state index is 6.38. The first-order chi connectivity index (χ1) is 11.2. The van der Waals surface area contributed by atoms with Gasteiger partial charge in [0.25, 0.3) is 0 Å². The van der Waals surface area contributed by atoms with Crippen LogP contribution in [-0.4, -0.2) is 14.6 Å². The first kappa shape index (κ1) is 14.2. The molecule has 2 aromatic carbocycles. The molecule has 0 aliphatic rings. The monoisotopic (exact) mass is 339 g/mol. The van der Waals surface area contributed by atoms with E-state index in [-0.39, 0.29) is 0 Å². The lowest BCUT2D eigenvalue weighted by Crippen LogP contribution is -1.87. The Balaban J connectivity index is 2.06. The largest absolute Gasteiger partial charge is 0.236 e. The number of rotatable bonds is 2. The summed E-state index contributed by atoms with van der Waals surface area (Å²) >= 11 is 12.4. The number of halogens is 2. The van der Waals surface area contributed by atoms with Crippen LogP contribution in [0.1, 0.15) is 0 Å². The maximum Gasteiger partial charge on any atom is 0.163 e. The molecule has 0 aliphatic heterocycles. The molecule has 0 atom stereocenters. The first-order valence-corrected chi connectivity index (χ1v) is 7.84. The van der Waals surface area contributed by atoms with Gasteiger partial charge in [-0.15, -0.1) is 0 Å². The Morgan fingerprint density at radius 3 is 2.43 bits per heavy atom. The van der Waals surface area contributed by atoms with Crippen molar-refractivity contribution in [1.82, 2.24) is 14.6 Å². The SMILES string of the molecule is Clc1ccc(-c2c(-c3ccccc3Cl)nn3cccnc23)cc1. The van der Waals surface area contributed by atoms with Crippen LogP contribution in [0.2, 0.25) is 10.0 Å². The van der Waals surface area contributed by atoms with Crippen LogP contribution in [0.25, 0.3) is 28.0 Å². The molecule has 5 heteroatoms. The summed E-state index contributed by atoms with van der Waals surface area (Å²) < 4.78 is 1.77. The lowest BCUT2D eigenvalue weighted by atomic mass is 10.0. The summed E-state index contributed by atoms with van der Waals surface area (Å²) in [5, 5.41) is 6.03. The van der Waals surface area contributed by atoms with Gasteiger partial charge in [-0.05, 0) is 29.8 Å². The molecule has 0 N–H and O–H groups in total. The highest BCUT2D eigenvalue weighted by Crippen LogP contribution is 2.37. The summed E-state index contributed by atoms with van der Waals surface area (Å²) in [6, 6.07) is 17.2. The lowest BCUT2D eigenvalue weighted by Gasteiger charge is -2.05. The van der Waals surface area contributed by atoms with E-state index < -0.39 is 0 Å². The fourth-order valence-electron chi connectivity index (χ4n) is 2.61. The minimum Gasteiger partial charge on any atom is -0.236 e. The van der Waals surface area contributed by atoms with Gasteiger partial charge in [0.15, 0.2) is 5.65 Å². The van der Waals surface area contributed by atoms with Gasteiger partial charge in [0, 0.05) is 23.0 Å². The molecule has 23 heavy (non-hydrogen) atoms. The Bertz CT molecular complexity index is 991. The van der Waals surface area contributed by atoms with Crippen LogP contribution in [0.3, 0.4) is 0 Å². The molecular formula is C18H11Cl2N3. The van der Waals surface area contributed by atoms with E-state index in [4.69, 9.17) is 23.2 Å². The van der Waals surface area contributed by atoms with Gasteiger partial charge in [-0.3, -0.25) is 0 Å². The van der Waals surface area contributed by atoms with Crippen molar-refractivity contribution in [2.24, 2.45) is 0 Å². The molecule has 0 radical (unpaired) electrons. The molecule has 0 bridgehead atoms. The minimum absolute atomic E-state index is 0.658. The second-order valence-corrected chi connectivity index (χ2v) is 5.94. The fourth-order valence-corrected chi connectivity index (χ4v) is 2.96. The summed E-state index contributed by atoms with van der Waals surface area (Å²) in [7, 11) is 0. The second-order valence-electron chi connectivity index (χ2n) is 5.10. The molecule has 0 amide bonds. The van der Waals surface area contributed by atoms with Crippen molar-refractivity contribution in [3.05, 3.63) is 77.0 Å². The van der Waals surface area contributed by atoms with Gasteiger partial charge >= 0.3 is 0 Å². The topological polar surface area (TPSA) is 30.2 Å². The highest BCUT2D eigenvalue weighted by molar-refractivity contribution is 6.33. The van der Waals surface area contributed by atoms with Gasteiger partial charge in [0.05, 0.1) is 10.6 Å². The van der Waals surface area contributed by atoms with Crippen molar-refractivity contribution in [1.29, 1.82) is 0 Å². The van der Waals surface area contributed by atoms with Crippen LogP contribution < -0.4 is 0 Å². The average Bonchev–Trinajstić information content (AvgIpc) is 2.95. The van der Waals surface area contributed by atoms with Crippen LogP contribution in [0.4, 0.5) is 0 Å². The molecule has 2 heterocycles. The van der Waals surface area contributed by atoms with Gasteiger partial charge in [-0.1, -0.05) is 53.5 Å². The smallest absolute Gasteiger partial charge is 0.163 e. The van der Waals surface area contributed by atoms with Crippen LogP contribution in [0.15, 0.2) is 67.0 Å². The van der Waals surface area contributed by atoms with E-state index in [0.717, 1.165) is 28.0 Å². The van der Waals surface area contributed by atoms with Crippen molar-refractivity contribution >= 4 is 28.8 Å². The van der Waals surface area contributed by atoms with E-state index in [1.807, 2.05) is 60.8 Å². The molecule has 0 spiro atoms. The van der Waals surface area contributed by atoms with Gasteiger partial charge in [0.2, 0.25) is 0 Å². The molecule has 0 saturated carbocycles. The molecule has 0 saturated heterocycles. The molecule has 0 fully saturated rings. The van der Waals surface area contributed by atoms with Gasteiger partial charge in [-0.25, -0.2) is 9.50 Å². The molecular weight excluding hydrogens is 329 g/mol. The molecule has 0 aliphatic carbocycles. The number of aromatic nitrogens is 3. The van der Waals surface area contributed by atoms with Gasteiger partial charge in [-0.2, -0.15) is 5.10 Å². The van der Waals surface area contributed by atoms with Gasteiger partial charge < -0.3 is 0 Å². The maximum absolute atomic E-state index is 6.38. The Hall–Kier alpha value is -2.36. The summed E-state index contributed by atoms with van der Waals surface area (Å²) in [5.41, 5.74) is 4.40. The van der Waals surface area contributed by atoms with Crippen molar-refractivity contribution in [2.45, 2.75) is 0 Å². The van der Waals surface area contributed by atoms with Crippen LogP contribution in [-0.2, 0) is 0 Å². The van der Waals surface area contributed by atoms with E-state index >= 15 is 0 Å². The van der Waals surface area contributed by atoms with E-state index in [1.54, 1.807) is 10.7 Å². The highest BCUT2D eigenvalue weighted by Gasteiger charge is 2.18. The van der Waals surface area contributed by atoms with Crippen molar-refractivity contribution < 1.29 is 0 Å². The number of benzene rings is 2. The summed E-state index contributed by atoms with van der Waals surface area (Å²) in [4.78, 5) is 4.48. The molecule has 2 aromatic heterocycles. The normalized spacial score (nSPS) is 11.0. The molecule has 4 aromatic rings.